The van der Waals surface area contributed by atoms with E-state index in [-0.39, 0.29) is 17.3 Å². The molecule has 1 spiro atoms. The maximum Gasteiger partial charge on any atom is 0.186 e. The predicted octanol–water partition coefficient (Wildman–Crippen LogP) is 6.17. The van der Waals surface area contributed by atoms with Gasteiger partial charge in [-0.1, -0.05) is 54.6 Å². The molecular weight excluding hydrogens is 561 g/mol. The highest BCUT2D eigenvalue weighted by atomic mass is 19.1. The number of carbonyl (C=O) groups is 3. The first kappa shape index (κ1) is 27.6. The van der Waals surface area contributed by atoms with Gasteiger partial charge in [0.1, 0.15) is 34.5 Å². The molecule has 0 unspecified atom stereocenters. The summed E-state index contributed by atoms with van der Waals surface area (Å²) in [5.41, 5.74) is 0.827. The van der Waals surface area contributed by atoms with Crippen LogP contribution in [-0.2, 0) is 0 Å². The van der Waals surface area contributed by atoms with Crippen LogP contribution in [0, 0.1) is 11.2 Å². The Kier molecular flexibility index (Phi) is 6.39. The Hall–Kier alpha value is -5.24. The second kappa shape index (κ2) is 10.2. The summed E-state index contributed by atoms with van der Waals surface area (Å²) >= 11 is 0. The number of carbonyl (C=O) groups excluding carboxylic acids is 3. The van der Waals surface area contributed by atoms with E-state index in [2.05, 4.69) is 0 Å². The van der Waals surface area contributed by atoms with Crippen molar-refractivity contribution in [2.45, 2.75) is 18.0 Å². The molecule has 2 heterocycles. The molecule has 3 atom stereocenters. The summed E-state index contributed by atoms with van der Waals surface area (Å²) < 4.78 is 31.2. The van der Waals surface area contributed by atoms with Gasteiger partial charge in [0.2, 0.25) is 0 Å². The molecule has 4 aromatic rings. The number of benzene rings is 4. The van der Waals surface area contributed by atoms with Crippen molar-refractivity contribution in [1.82, 2.24) is 0 Å². The zero-order chi connectivity index (χ0) is 30.7. The minimum absolute atomic E-state index is 0.308. The molecule has 1 aliphatic carbocycles. The maximum absolute atomic E-state index is 14.9. The molecule has 8 heteroatoms. The van der Waals surface area contributed by atoms with Gasteiger partial charge in [0.15, 0.2) is 17.3 Å². The number of hydrogen-bond donors (Lipinski definition) is 0. The average molecular weight is 590 g/mol. The number of anilines is 1. The largest absolute Gasteiger partial charge is 0.497 e. The number of methoxy groups -OCH3 is 3. The molecule has 4 aromatic carbocycles. The highest BCUT2D eigenvalue weighted by Gasteiger charge is 2.72. The van der Waals surface area contributed by atoms with Crippen molar-refractivity contribution in [2.24, 2.45) is 5.41 Å². The summed E-state index contributed by atoms with van der Waals surface area (Å²) in [6.45, 7) is 0. The smallest absolute Gasteiger partial charge is 0.186 e. The summed E-state index contributed by atoms with van der Waals surface area (Å²) in [5, 5.41) is 0. The lowest BCUT2D eigenvalue weighted by molar-refractivity contribution is 0.0664. The van der Waals surface area contributed by atoms with E-state index in [4.69, 9.17) is 14.2 Å². The quantitative estimate of drug-likeness (QED) is 0.197. The molecule has 2 aliphatic heterocycles. The second-order valence-electron chi connectivity index (χ2n) is 11.1. The summed E-state index contributed by atoms with van der Waals surface area (Å²) in [4.78, 5) is 46.4. The van der Waals surface area contributed by atoms with Crippen molar-refractivity contribution in [3.05, 3.63) is 125 Å². The van der Waals surface area contributed by atoms with Gasteiger partial charge in [0, 0.05) is 45.5 Å². The molecule has 7 rings (SSSR count). The third kappa shape index (κ3) is 3.70. The van der Waals surface area contributed by atoms with Gasteiger partial charge >= 0.3 is 0 Å². The van der Waals surface area contributed by atoms with Gasteiger partial charge in [-0.25, -0.2) is 4.39 Å². The van der Waals surface area contributed by atoms with Crippen LogP contribution in [0.15, 0.2) is 91.0 Å². The number of ketones is 3. The van der Waals surface area contributed by atoms with E-state index in [1.54, 1.807) is 84.9 Å². The molecule has 1 fully saturated rings. The summed E-state index contributed by atoms with van der Waals surface area (Å²) in [6, 6.07) is 21.1. The lowest BCUT2D eigenvalue weighted by Crippen LogP contribution is -2.48. The number of ether oxygens (including phenoxy) is 3. The fourth-order valence-corrected chi connectivity index (χ4v) is 7.31. The van der Waals surface area contributed by atoms with Crippen molar-refractivity contribution in [2.75, 3.05) is 26.2 Å². The lowest BCUT2D eigenvalue weighted by Gasteiger charge is -2.37. The monoisotopic (exact) mass is 589 g/mol. The van der Waals surface area contributed by atoms with E-state index < -0.39 is 29.2 Å². The molecule has 0 saturated carbocycles. The highest BCUT2D eigenvalue weighted by Crippen LogP contribution is 2.62. The maximum atomic E-state index is 14.9. The zero-order valence-electron chi connectivity index (χ0n) is 24.2. The Bertz CT molecular complexity index is 1860. The molecule has 44 heavy (non-hydrogen) atoms. The molecule has 0 radical (unpaired) electrons. The number of nitrogens with zero attached hydrogens (tertiary/aromatic N) is 1. The minimum atomic E-state index is -1.73. The number of Topliss-reactive ketones (excluding diaryl/α,β-unsaturated/α-hetero) is 3. The highest BCUT2D eigenvalue weighted by molar-refractivity contribution is 6.32. The molecule has 0 bridgehead atoms. The van der Waals surface area contributed by atoms with E-state index in [9.17, 15) is 18.8 Å². The molecule has 1 saturated heterocycles. The van der Waals surface area contributed by atoms with E-state index >= 15 is 0 Å². The molecular formula is C36H28FNO6. The Labute approximate surface area is 253 Å². The van der Waals surface area contributed by atoms with E-state index in [1.165, 1.54) is 33.5 Å². The number of rotatable bonds is 6. The average Bonchev–Trinajstić information content (AvgIpc) is 3.49. The minimum Gasteiger partial charge on any atom is -0.497 e. The first-order chi connectivity index (χ1) is 21.3. The predicted molar refractivity (Wildman–Crippen MR) is 163 cm³/mol. The van der Waals surface area contributed by atoms with Gasteiger partial charge in [0.05, 0.1) is 27.4 Å². The van der Waals surface area contributed by atoms with Gasteiger partial charge in [-0.2, -0.15) is 0 Å². The number of fused-ring (bicyclic) bond motifs is 5. The Morgan fingerprint density at radius 3 is 2.18 bits per heavy atom. The van der Waals surface area contributed by atoms with Crippen LogP contribution in [-0.4, -0.2) is 50.8 Å². The van der Waals surface area contributed by atoms with Gasteiger partial charge in [-0.15, -0.1) is 0 Å². The van der Waals surface area contributed by atoms with Gasteiger partial charge < -0.3 is 19.1 Å². The molecule has 220 valence electrons. The number of hydrogen-bond acceptors (Lipinski definition) is 7. The van der Waals surface area contributed by atoms with Crippen molar-refractivity contribution < 1.29 is 33.0 Å². The van der Waals surface area contributed by atoms with E-state index in [0.717, 1.165) is 0 Å². The van der Waals surface area contributed by atoms with Crippen molar-refractivity contribution >= 4 is 29.1 Å². The Morgan fingerprint density at radius 2 is 1.50 bits per heavy atom. The van der Waals surface area contributed by atoms with Gasteiger partial charge in [-0.05, 0) is 36.4 Å². The van der Waals surface area contributed by atoms with Crippen LogP contribution in [0.4, 0.5) is 10.1 Å². The third-order valence-corrected chi connectivity index (χ3v) is 9.16. The van der Waals surface area contributed by atoms with Gasteiger partial charge in [-0.3, -0.25) is 14.4 Å². The number of halogens is 1. The second-order valence-corrected chi connectivity index (χ2v) is 11.1. The molecule has 0 N–H and O–H groups in total. The molecule has 0 aromatic heterocycles. The van der Waals surface area contributed by atoms with Crippen molar-refractivity contribution in [3.63, 3.8) is 0 Å². The topological polar surface area (TPSA) is 82.1 Å². The fraction of sp³-hybridized carbons (Fsp3) is 0.194. The first-order valence-electron chi connectivity index (χ1n) is 14.2. The van der Waals surface area contributed by atoms with E-state index in [0.29, 0.717) is 50.8 Å². The first-order valence-corrected chi connectivity index (χ1v) is 14.2. The van der Waals surface area contributed by atoms with Crippen LogP contribution in [0.25, 0.3) is 6.08 Å². The van der Waals surface area contributed by atoms with Crippen LogP contribution in [0.5, 0.6) is 17.2 Å². The Balaban J connectivity index is 1.57. The summed E-state index contributed by atoms with van der Waals surface area (Å²) in [5.74, 6) is -1.13. The summed E-state index contributed by atoms with van der Waals surface area (Å²) in [6.07, 6.45) is 3.48. The molecule has 0 amide bonds. The van der Waals surface area contributed by atoms with Crippen LogP contribution in [0.1, 0.15) is 48.1 Å². The van der Waals surface area contributed by atoms with Crippen LogP contribution < -0.4 is 19.1 Å². The van der Waals surface area contributed by atoms with E-state index in [1.807, 2.05) is 4.90 Å². The summed E-state index contributed by atoms with van der Waals surface area (Å²) in [7, 11) is 4.54. The SMILES string of the molecule is COc1cccc(C(=O)[C@H]2[C@H](c3ccc(OC)cc3OC)C3(C(=O)c4ccccc4C3=O)[C@@H]3C=Cc4cc(F)ccc4N32)c1. The van der Waals surface area contributed by atoms with Crippen LogP contribution in [0.3, 0.4) is 0 Å². The normalized spacial score (nSPS) is 20.7. The molecule has 7 nitrogen and oxygen atoms in total. The zero-order valence-corrected chi connectivity index (χ0v) is 24.2. The van der Waals surface area contributed by atoms with Crippen LogP contribution >= 0.6 is 0 Å². The third-order valence-electron chi connectivity index (χ3n) is 9.16. The lowest BCUT2D eigenvalue weighted by atomic mass is 9.64. The fourth-order valence-electron chi connectivity index (χ4n) is 7.31. The van der Waals surface area contributed by atoms with Crippen molar-refractivity contribution in [1.29, 1.82) is 0 Å². The van der Waals surface area contributed by atoms with Crippen molar-refractivity contribution in [3.8, 4) is 17.2 Å². The molecule has 3 aliphatic rings. The van der Waals surface area contributed by atoms with Crippen LogP contribution in [0.2, 0.25) is 0 Å². The Morgan fingerprint density at radius 1 is 0.795 bits per heavy atom. The van der Waals surface area contributed by atoms with Gasteiger partial charge in [0.25, 0.3) is 0 Å². The standard InChI is InChI=1S/C36H28FNO6/c1-42-23-8-6-7-21(18-23)33(39)32-31(27-14-13-24(43-2)19-29(27)44-3)36(34(40)25-9-4-5-10-26(25)35(36)41)30-16-11-20-17-22(37)12-15-28(20)38(30)32/h4-19,30-32H,1-3H3/t30-,31-,32+/m0/s1.